The molecule has 0 atom stereocenters. The molecule has 4 aromatic rings. The second-order valence-corrected chi connectivity index (χ2v) is 8.12. The van der Waals surface area contributed by atoms with Gasteiger partial charge >= 0.3 is 5.56 Å². The van der Waals surface area contributed by atoms with Gasteiger partial charge in [-0.15, -0.1) is 11.3 Å². The molecule has 0 radical (unpaired) electrons. The fraction of sp³-hybridized carbons (Fsp3) is 0.150. The SMILES string of the molecule is Cc1cccc(-c2c(O)[n+](Cc3cnc(Cl)s3)c3c(C)cccn3c2=O)c1. The van der Waals surface area contributed by atoms with Crippen LogP contribution in [0.4, 0.5) is 0 Å². The first-order valence-corrected chi connectivity index (χ1v) is 9.59. The van der Waals surface area contributed by atoms with Crippen molar-refractivity contribution in [1.29, 1.82) is 0 Å². The third kappa shape index (κ3) is 3.11. The molecule has 0 bridgehead atoms. The number of thiazole rings is 1. The molecular formula is C20H17ClN3O2S+. The number of nitrogens with zero attached hydrogens (tertiary/aromatic N) is 3. The summed E-state index contributed by atoms with van der Waals surface area (Å²) in [5, 5.41) is 11.1. The van der Waals surface area contributed by atoms with E-state index in [2.05, 4.69) is 4.98 Å². The Bertz CT molecular complexity index is 1230. The molecule has 3 aromatic heterocycles. The van der Waals surface area contributed by atoms with Crippen molar-refractivity contribution < 1.29 is 9.67 Å². The molecule has 3 heterocycles. The predicted molar refractivity (Wildman–Crippen MR) is 107 cm³/mol. The summed E-state index contributed by atoms with van der Waals surface area (Å²) >= 11 is 7.32. The lowest BCUT2D eigenvalue weighted by Gasteiger charge is -2.11. The van der Waals surface area contributed by atoms with Crippen LogP contribution in [-0.4, -0.2) is 14.5 Å². The topological polar surface area (TPSA) is 58.5 Å². The van der Waals surface area contributed by atoms with E-state index in [1.54, 1.807) is 21.4 Å². The molecule has 136 valence electrons. The summed E-state index contributed by atoms with van der Waals surface area (Å²) in [5.74, 6) is -0.0653. The number of halogens is 1. The number of aromatic hydroxyl groups is 1. The zero-order valence-corrected chi connectivity index (χ0v) is 16.4. The highest BCUT2D eigenvalue weighted by Gasteiger charge is 2.26. The van der Waals surface area contributed by atoms with Crippen molar-refractivity contribution in [3.63, 3.8) is 0 Å². The smallest absolute Gasteiger partial charge is 0.354 e. The maximum Gasteiger partial charge on any atom is 0.354 e. The Hall–Kier alpha value is -2.70. The molecule has 0 saturated carbocycles. The highest BCUT2D eigenvalue weighted by molar-refractivity contribution is 7.15. The Morgan fingerprint density at radius 1 is 1.26 bits per heavy atom. The van der Waals surface area contributed by atoms with Gasteiger partial charge in [-0.1, -0.05) is 41.4 Å². The first-order valence-electron chi connectivity index (χ1n) is 8.39. The number of benzene rings is 1. The van der Waals surface area contributed by atoms with E-state index < -0.39 is 0 Å². The third-order valence-corrected chi connectivity index (χ3v) is 5.58. The van der Waals surface area contributed by atoms with E-state index >= 15 is 0 Å². The largest absolute Gasteiger partial charge is 0.477 e. The molecule has 0 unspecified atom stereocenters. The first-order chi connectivity index (χ1) is 13.0. The van der Waals surface area contributed by atoms with Crippen LogP contribution in [0, 0.1) is 13.8 Å². The van der Waals surface area contributed by atoms with Gasteiger partial charge in [0.1, 0.15) is 6.54 Å². The van der Waals surface area contributed by atoms with Gasteiger partial charge in [0.25, 0.3) is 11.5 Å². The van der Waals surface area contributed by atoms with E-state index in [0.29, 0.717) is 22.2 Å². The van der Waals surface area contributed by atoms with Gasteiger partial charge < -0.3 is 5.11 Å². The van der Waals surface area contributed by atoms with Gasteiger partial charge in [-0.3, -0.25) is 0 Å². The van der Waals surface area contributed by atoms with Gasteiger partial charge in [0, 0.05) is 11.8 Å². The molecule has 0 saturated heterocycles. The molecule has 0 aliphatic carbocycles. The van der Waals surface area contributed by atoms with Crippen molar-refractivity contribution in [2.75, 3.05) is 0 Å². The van der Waals surface area contributed by atoms with Gasteiger partial charge in [-0.25, -0.2) is 9.78 Å². The van der Waals surface area contributed by atoms with Crippen molar-refractivity contribution in [3.05, 3.63) is 79.6 Å². The fourth-order valence-corrected chi connectivity index (χ4v) is 4.25. The lowest BCUT2D eigenvalue weighted by molar-refractivity contribution is -0.671. The summed E-state index contributed by atoms with van der Waals surface area (Å²) in [5.41, 5.74) is 3.25. The zero-order chi connectivity index (χ0) is 19.1. The minimum atomic E-state index is -0.254. The highest BCUT2D eigenvalue weighted by atomic mass is 35.5. The Morgan fingerprint density at radius 2 is 2.07 bits per heavy atom. The van der Waals surface area contributed by atoms with E-state index in [-0.39, 0.29) is 17.0 Å². The summed E-state index contributed by atoms with van der Waals surface area (Å²) in [6.45, 7) is 4.23. The normalized spacial score (nSPS) is 11.2. The third-order valence-electron chi connectivity index (χ3n) is 4.48. The Kier molecular flexibility index (Phi) is 4.45. The number of hydrogen-bond donors (Lipinski definition) is 1. The molecule has 0 aliphatic heterocycles. The van der Waals surface area contributed by atoms with Crippen LogP contribution in [0.1, 0.15) is 16.0 Å². The molecule has 5 nitrogen and oxygen atoms in total. The van der Waals surface area contributed by atoms with E-state index in [0.717, 1.165) is 16.0 Å². The minimum Gasteiger partial charge on any atom is -0.477 e. The van der Waals surface area contributed by atoms with Crippen LogP contribution in [0.3, 0.4) is 0 Å². The first kappa shape index (κ1) is 17.7. The van der Waals surface area contributed by atoms with Gasteiger partial charge in [-0.2, -0.15) is 8.97 Å². The summed E-state index contributed by atoms with van der Waals surface area (Å²) < 4.78 is 3.76. The number of aryl methyl sites for hydroxylation is 2. The zero-order valence-electron chi connectivity index (χ0n) is 14.8. The number of aromatic nitrogens is 3. The monoisotopic (exact) mass is 398 g/mol. The van der Waals surface area contributed by atoms with Crippen LogP contribution in [0.15, 0.2) is 53.6 Å². The van der Waals surface area contributed by atoms with Gasteiger partial charge in [-0.05, 0) is 31.5 Å². The van der Waals surface area contributed by atoms with Gasteiger partial charge in [0.05, 0.1) is 11.1 Å². The lowest BCUT2D eigenvalue weighted by Crippen LogP contribution is -2.41. The van der Waals surface area contributed by atoms with Crippen LogP contribution in [0.25, 0.3) is 16.8 Å². The number of fused-ring (bicyclic) bond motifs is 1. The molecule has 0 aliphatic rings. The van der Waals surface area contributed by atoms with E-state index in [1.165, 1.54) is 11.3 Å². The maximum absolute atomic E-state index is 13.2. The molecule has 27 heavy (non-hydrogen) atoms. The Balaban J connectivity index is 2.07. The average molecular weight is 399 g/mol. The molecule has 7 heteroatoms. The maximum atomic E-state index is 13.2. The fourth-order valence-electron chi connectivity index (χ4n) is 3.28. The van der Waals surface area contributed by atoms with Gasteiger partial charge in [0.15, 0.2) is 10.0 Å². The minimum absolute atomic E-state index is 0.0653. The number of pyridine rings is 1. The van der Waals surface area contributed by atoms with Crippen LogP contribution in [0.5, 0.6) is 5.88 Å². The average Bonchev–Trinajstić information content (AvgIpc) is 3.04. The standard InChI is InChI=1S/C20H16ClN3O2S/c1-12-5-3-7-14(9-12)16-18(25)23-8-4-6-13(2)17(23)24(19(16)26)11-15-10-22-20(21)27-15/h3-10H,11H2,1-2H3/p+1. The van der Waals surface area contributed by atoms with Crippen LogP contribution in [0.2, 0.25) is 4.47 Å². The lowest BCUT2D eigenvalue weighted by atomic mass is 10.1. The van der Waals surface area contributed by atoms with Crippen molar-refractivity contribution in [2.45, 2.75) is 20.4 Å². The molecule has 0 amide bonds. The van der Waals surface area contributed by atoms with Crippen molar-refractivity contribution in [1.82, 2.24) is 9.38 Å². The number of rotatable bonds is 3. The second kappa shape index (κ2) is 6.79. The van der Waals surface area contributed by atoms with Crippen LogP contribution < -0.4 is 10.1 Å². The molecule has 0 fully saturated rings. The molecule has 1 N–H and O–H groups in total. The number of hydrogen-bond acceptors (Lipinski definition) is 4. The van der Waals surface area contributed by atoms with Crippen molar-refractivity contribution in [3.8, 4) is 17.0 Å². The van der Waals surface area contributed by atoms with Crippen molar-refractivity contribution >= 4 is 28.6 Å². The highest BCUT2D eigenvalue weighted by Crippen LogP contribution is 2.26. The summed E-state index contributed by atoms with van der Waals surface area (Å²) in [7, 11) is 0. The van der Waals surface area contributed by atoms with E-state index in [4.69, 9.17) is 11.6 Å². The quantitative estimate of drug-likeness (QED) is 0.535. The summed E-state index contributed by atoms with van der Waals surface area (Å²) in [6.07, 6.45) is 3.41. The van der Waals surface area contributed by atoms with E-state index in [1.807, 2.05) is 50.2 Å². The summed E-state index contributed by atoms with van der Waals surface area (Å²) in [4.78, 5) is 18.1. The van der Waals surface area contributed by atoms with Crippen molar-refractivity contribution in [2.24, 2.45) is 0 Å². The Morgan fingerprint density at radius 3 is 2.78 bits per heavy atom. The predicted octanol–water partition coefficient (Wildman–Crippen LogP) is 3.73. The molecule has 4 rings (SSSR count). The Labute approximate surface area is 164 Å². The summed E-state index contributed by atoms with van der Waals surface area (Å²) in [6, 6.07) is 11.3. The molecule has 0 spiro atoms. The van der Waals surface area contributed by atoms with Crippen LogP contribution in [-0.2, 0) is 6.54 Å². The van der Waals surface area contributed by atoms with Crippen LogP contribution >= 0.6 is 22.9 Å². The van der Waals surface area contributed by atoms with E-state index in [9.17, 15) is 9.90 Å². The van der Waals surface area contributed by atoms with Gasteiger partial charge in [0.2, 0.25) is 0 Å². The molecular weight excluding hydrogens is 382 g/mol. The molecule has 1 aromatic carbocycles. The second-order valence-electron chi connectivity index (χ2n) is 6.42.